The summed E-state index contributed by atoms with van der Waals surface area (Å²) < 4.78 is 25.3. The largest absolute Gasteiger partial charge is 0.390 e. The molecular formula is C9H16F2N2O2. The molecule has 1 saturated carbocycles. The summed E-state index contributed by atoms with van der Waals surface area (Å²) in [5.41, 5.74) is 4.80. The molecule has 0 heterocycles. The maximum atomic E-state index is 12.6. The van der Waals surface area contributed by atoms with Gasteiger partial charge in [-0.3, -0.25) is 4.79 Å². The highest BCUT2D eigenvalue weighted by Gasteiger charge is 2.43. The number of amides is 1. The number of halogens is 2. The first kappa shape index (κ1) is 12.3. The van der Waals surface area contributed by atoms with E-state index in [0.29, 0.717) is 12.8 Å². The first-order chi connectivity index (χ1) is 6.96. The average molecular weight is 222 g/mol. The molecule has 1 rings (SSSR count). The van der Waals surface area contributed by atoms with Crippen molar-refractivity contribution < 1.29 is 18.7 Å². The summed E-state index contributed by atoms with van der Waals surface area (Å²) >= 11 is 0. The van der Waals surface area contributed by atoms with Gasteiger partial charge in [0.05, 0.1) is 12.0 Å². The van der Waals surface area contributed by atoms with Gasteiger partial charge in [0.1, 0.15) is 6.61 Å². The summed E-state index contributed by atoms with van der Waals surface area (Å²) in [6.45, 7) is -1.91. The van der Waals surface area contributed by atoms with Crippen LogP contribution < -0.4 is 11.1 Å². The molecule has 1 aliphatic rings. The van der Waals surface area contributed by atoms with Gasteiger partial charge in [-0.1, -0.05) is 6.42 Å². The molecule has 0 radical (unpaired) electrons. The quantitative estimate of drug-likeness (QED) is 0.606. The molecule has 1 fully saturated rings. The van der Waals surface area contributed by atoms with Gasteiger partial charge in [-0.25, -0.2) is 8.78 Å². The van der Waals surface area contributed by atoms with Gasteiger partial charge in [0.15, 0.2) is 0 Å². The lowest BCUT2D eigenvalue weighted by molar-refractivity contribution is -0.137. The van der Waals surface area contributed by atoms with Crippen LogP contribution in [0.15, 0.2) is 0 Å². The third-order valence-electron chi connectivity index (χ3n) is 2.92. The minimum Gasteiger partial charge on any atom is -0.390 e. The monoisotopic (exact) mass is 222 g/mol. The Bertz CT molecular complexity index is 237. The zero-order valence-electron chi connectivity index (χ0n) is 8.43. The summed E-state index contributed by atoms with van der Waals surface area (Å²) in [5, 5.41) is 10.5. The summed E-state index contributed by atoms with van der Waals surface area (Å²) in [7, 11) is 0. The number of hydrogen-bond acceptors (Lipinski definition) is 3. The Hall–Kier alpha value is -0.750. The second-order valence-corrected chi connectivity index (χ2v) is 4.03. The van der Waals surface area contributed by atoms with Crippen molar-refractivity contribution in [2.75, 3.05) is 19.7 Å². The van der Waals surface area contributed by atoms with Crippen molar-refractivity contribution in [1.29, 1.82) is 0 Å². The smallest absolute Gasteiger partial charge is 0.287 e. The predicted molar refractivity (Wildman–Crippen MR) is 50.4 cm³/mol. The van der Waals surface area contributed by atoms with Crippen molar-refractivity contribution >= 4 is 5.91 Å². The van der Waals surface area contributed by atoms with Crippen molar-refractivity contribution in [3.63, 3.8) is 0 Å². The fraction of sp³-hybridized carbons (Fsp3) is 0.889. The normalized spacial score (nSPS) is 19.5. The summed E-state index contributed by atoms with van der Waals surface area (Å²) in [5.74, 6) is -3.68. The number of carbonyl (C=O) groups excluding carboxylic acids is 1. The Balaban J connectivity index is 2.42. The van der Waals surface area contributed by atoms with E-state index in [1.807, 2.05) is 0 Å². The SMILES string of the molecule is NCC1(C(=O)NCC(F)(F)CO)CCC1. The molecule has 15 heavy (non-hydrogen) atoms. The lowest BCUT2D eigenvalue weighted by Crippen LogP contribution is -2.52. The van der Waals surface area contributed by atoms with Crippen LogP contribution in [0.1, 0.15) is 19.3 Å². The van der Waals surface area contributed by atoms with Gasteiger partial charge in [-0.15, -0.1) is 0 Å². The molecule has 4 N–H and O–H groups in total. The molecule has 0 unspecified atom stereocenters. The number of aliphatic hydroxyl groups is 1. The van der Waals surface area contributed by atoms with Gasteiger partial charge in [-0.2, -0.15) is 0 Å². The van der Waals surface area contributed by atoms with E-state index in [1.54, 1.807) is 0 Å². The van der Waals surface area contributed by atoms with Crippen LogP contribution in [-0.4, -0.2) is 36.6 Å². The van der Waals surface area contributed by atoms with E-state index in [-0.39, 0.29) is 6.54 Å². The fourth-order valence-electron chi connectivity index (χ4n) is 1.58. The Labute approximate surface area is 86.8 Å². The van der Waals surface area contributed by atoms with Gasteiger partial charge in [0.25, 0.3) is 5.92 Å². The number of carbonyl (C=O) groups is 1. The second-order valence-electron chi connectivity index (χ2n) is 4.03. The Morgan fingerprint density at radius 2 is 2.13 bits per heavy atom. The van der Waals surface area contributed by atoms with E-state index in [4.69, 9.17) is 10.8 Å². The van der Waals surface area contributed by atoms with E-state index < -0.39 is 30.4 Å². The third kappa shape index (κ3) is 2.63. The molecule has 0 atom stereocenters. The van der Waals surface area contributed by atoms with Gasteiger partial charge < -0.3 is 16.2 Å². The highest BCUT2D eigenvalue weighted by Crippen LogP contribution is 2.40. The number of nitrogens with one attached hydrogen (secondary N) is 1. The Morgan fingerprint density at radius 1 is 1.53 bits per heavy atom. The first-order valence-corrected chi connectivity index (χ1v) is 4.93. The van der Waals surface area contributed by atoms with Crippen LogP contribution in [0, 0.1) is 5.41 Å². The van der Waals surface area contributed by atoms with E-state index in [0.717, 1.165) is 6.42 Å². The van der Waals surface area contributed by atoms with Crippen molar-refractivity contribution in [2.24, 2.45) is 11.1 Å². The standard InChI is InChI=1S/C9H16F2N2O2/c10-9(11,6-14)5-13-7(15)8(4-12)2-1-3-8/h14H,1-6,12H2,(H,13,15). The van der Waals surface area contributed by atoms with Gasteiger partial charge in [-0.05, 0) is 12.8 Å². The molecule has 1 aliphatic carbocycles. The van der Waals surface area contributed by atoms with E-state index >= 15 is 0 Å². The summed E-state index contributed by atoms with van der Waals surface area (Å²) in [6.07, 6.45) is 2.21. The predicted octanol–water partition coefficient (Wildman–Crippen LogP) is -0.141. The van der Waals surface area contributed by atoms with Crippen LogP contribution in [0.2, 0.25) is 0 Å². The topological polar surface area (TPSA) is 75.4 Å². The summed E-state index contributed by atoms with van der Waals surface area (Å²) in [6, 6.07) is 0. The van der Waals surface area contributed by atoms with E-state index in [1.165, 1.54) is 0 Å². The number of rotatable bonds is 5. The fourth-order valence-corrected chi connectivity index (χ4v) is 1.58. The summed E-state index contributed by atoms with van der Waals surface area (Å²) in [4.78, 5) is 11.5. The Morgan fingerprint density at radius 3 is 2.47 bits per heavy atom. The molecule has 1 amide bonds. The van der Waals surface area contributed by atoms with Crippen LogP contribution in [0.4, 0.5) is 8.78 Å². The number of nitrogens with two attached hydrogens (primary N) is 1. The van der Waals surface area contributed by atoms with Crippen LogP contribution in [0.3, 0.4) is 0 Å². The minimum absolute atomic E-state index is 0.184. The van der Waals surface area contributed by atoms with Crippen molar-refractivity contribution in [3.05, 3.63) is 0 Å². The zero-order chi connectivity index (χ0) is 11.5. The van der Waals surface area contributed by atoms with E-state index in [2.05, 4.69) is 5.32 Å². The molecule has 4 nitrogen and oxygen atoms in total. The molecule has 88 valence electrons. The molecule has 0 aromatic heterocycles. The maximum Gasteiger partial charge on any atom is 0.287 e. The molecule has 6 heteroatoms. The van der Waals surface area contributed by atoms with E-state index in [9.17, 15) is 13.6 Å². The van der Waals surface area contributed by atoms with Gasteiger partial charge >= 0.3 is 0 Å². The van der Waals surface area contributed by atoms with Gasteiger partial charge in [0.2, 0.25) is 5.91 Å². The molecule has 0 aliphatic heterocycles. The zero-order valence-corrected chi connectivity index (χ0v) is 8.43. The lowest BCUT2D eigenvalue weighted by Gasteiger charge is -2.39. The molecule has 0 saturated heterocycles. The number of hydrogen-bond donors (Lipinski definition) is 3. The molecular weight excluding hydrogens is 206 g/mol. The first-order valence-electron chi connectivity index (χ1n) is 4.93. The molecule has 0 spiro atoms. The van der Waals surface area contributed by atoms with Crippen molar-refractivity contribution in [3.8, 4) is 0 Å². The molecule has 0 bridgehead atoms. The minimum atomic E-state index is -3.25. The maximum absolute atomic E-state index is 12.6. The lowest BCUT2D eigenvalue weighted by atomic mass is 9.68. The van der Waals surface area contributed by atoms with Crippen LogP contribution in [0.5, 0.6) is 0 Å². The molecule has 0 aromatic carbocycles. The second kappa shape index (κ2) is 4.40. The highest BCUT2D eigenvalue weighted by atomic mass is 19.3. The van der Waals surface area contributed by atoms with Gasteiger partial charge in [0, 0.05) is 6.54 Å². The van der Waals surface area contributed by atoms with Crippen molar-refractivity contribution in [1.82, 2.24) is 5.32 Å². The number of aliphatic hydroxyl groups excluding tert-OH is 1. The third-order valence-corrected chi connectivity index (χ3v) is 2.92. The Kier molecular flexibility index (Phi) is 3.62. The van der Waals surface area contributed by atoms with Crippen LogP contribution >= 0.6 is 0 Å². The van der Waals surface area contributed by atoms with Crippen LogP contribution in [0.25, 0.3) is 0 Å². The van der Waals surface area contributed by atoms with Crippen LogP contribution in [-0.2, 0) is 4.79 Å². The van der Waals surface area contributed by atoms with Crippen molar-refractivity contribution in [2.45, 2.75) is 25.2 Å². The average Bonchev–Trinajstić information content (AvgIpc) is 2.14. The molecule has 0 aromatic rings. The number of alkyl halides is 2. The highest BCUT2D eigenvalue weighted by molar-refractivity contribution is 5.83.